The van der Waals surface area contributed by atoms with Gasteiger partial charge in [0.25, 0.3) is 0 Å². The Morgan fingerprint density at radius 3 is 2.77 bits per heavy atom. The van der Waals surface area contributed by atoms with E-state index in [2.05, 4.69) is 0 Å². The van der Waals surface area contributed by atoms with Crippen molar-refractivity contribution in [2.24, 2.45) is 5.73 Å². The number of benzene rings is 1. The fourth-order valence-corrected chi connectivity index (χ4v) is 1.04. The van der Waals surface area contributed by atoms with Crippen molar-refractivity contribution in [2.45, 2.75) is 6.42 Å². The third-order valence-electron chi connectivity index (χ3n) is 1.68. The van der Waals surface area contributed by atoms with Crippen molar-refractivity contribution in [3.8, 4) is 11.5 Å². The van der Waals surface area contributed by atoms with Crippen molar-refractivity contribution < 1.29 is 23.7 Å². The van der Waals surface area contributed by atoms with Crippen LogP contribution in [0, 0.1) is 0 Å². The monoisotopic (exact) mass is 203 g/mol. The minimum absolute atomic E-state index is 0. The topological polar surface area (TPSA) is 55.5 Å². The molecule has 1 aromatic rings. The lowest BCUT2D eigenvalue weighted by atomic mass is 10.1. The lowest BCUT2D eigenvalue weighted by Gasteiger charge is -2.05. The van der Waals surface area contributed by atoms with Crippen LogP contribution in [0.25, 0.3) is 0 Å². The first kappa shape index (κ1) is 12.1. The molecule has 74 valence electrons. The van der Waals surface area contributed by atoms with Crippen LogP contribution in [0.3, 0.4) is 0 Å². The zero-order valence-electron chi connectivity index (χ0n) is 8.46. The highest BCUT2D eigenvalue weighted by Crippen LogP contribution is 2.26. The number of ether oxygens (including phenoxy) is 1. The first-order chi connectivity index (χ1) is 5.77. The van der Waals surface area contributed by atoms with Gasteiger partial charge in [-0.05, 0) is 30.7 Å². The molecule has 1 rings (SSSR count). The molecule has 0 unspecified atom stereocenters. The molecule has 4 heteroatoms. The number of phenols is 1. The summed E-state index contributed by atoms with van der Waals surface area (Å²) in [5.74, 6) is 0.666. The molecule has 0 amide bonds. The van der Waals surface area contributed by atoms with Crippen molar-refractivity contribution in [2.75, 3.05) is 13.7 Å². The maximum absolute atomic E-state index is 9.25. The maximum Gasteiger partial charge on any atom is 1.00 e. The molecule has 3 N–H and O–H groups in total. The average Bonchev–Trinajstić information content (AvgIpc) is 2.09. The predicted octanol–water partition coefficient (Wildman–Crippen LogP) is -1.98. The van der Waals surface area contributed by atoms with Crippen LogP contribution in [-0.2, 0) is 6.42 Å². The van der Waals surface area contributed by atoms with E-state index in [4.69, 9.17) is 10.5 Å². The zero-order chi connectivity index (χ0) is 8.97. The summed E-state index contributed by atoms with van der Waals surface area (Å²) in [7, 11) is 1.53. The molecule has 0 aliphatic carbocycles. The van der Waals surface area contributed by atoms with E-state index in [-0.39, 0.29) is 19.6 Å². The summed E-state index contributed by atoms with van der Waals surface area (Å²) in [5.41, 5.74) is 6.46. The van der Waals surface area contributed by atoms with Gasteiger partial charge >= 0.3 is 1.43 Å². The molecule has 0 bridgehead atoms. The summed E-state index contributed by atoms with van der Waals surface area (Å²) < 4.78 is 4.94. The summed E-state index contributed by atoms with van der Waals surface area (Å²) in [5, 5.41) is 9.25. The van der Waals surface area contributed by atoms with Crippen molar-refractivity contribution in [1.29, 1.82) is 0 Å². The number of rotatable bonds is 3. The van der Waals surface area contributed by atoms with Crippen molar-refractivity contribution in [3.63, 3.8) is 0 Å². The quantitative estimate of drug-likeness (QED) is 0.599. The van der Waals surface area contributed by atoms with Crippen LogP contribution in [0.2, 0.25) is 0 Å². The van der Waals surface area contributed by atoms with Gasteiger partial charge < -0.3 is 28.0 Å². The Morgan fingerprint density at radius 1 is 1.54 bits per heavy atom. The van der Waals surface area contributed by atoms with E-state index in [0.29, 0.717) is 12.3 Å². The summed E-state index contributed by atoms with van der Waals surface area (Å²) in [6, 6.07) is 5.25. The summed E-state index contributed by atoms with van der Waals surface area (Å²) in [6.45, 7) is 0.605. The van der Waals surface area contributed by atoms with E-state index >= 15 is 0 Å². The summed E-state index contributed by atoms with van der Waals surface area (Å²) in [6.07, 6.45) is 0.802. The number of aromatic hydroxyl groups is 1. The molecule has 0 radical (unpaired) electrons. The van der Waals surface area contributed by atoms with Crippen LogP contribution >= 0.6 is 0 Å². The molecule has 1 aromatic carbocycles. The van der Waals surface area contributed by atoms with Crippen molar-refractivity contribution >= 4 is 0 Å². The second-order valence-corrected chi connectivity index (χ2v) is 2.54. The molecule has 0 heterocycles. The SMILES string of the molecule is COc1cc(CCN)ccc1O.[Cl-].[H+]. The molecular formula is C9H14ClNO2. The van der Waals surface area contributed by atoms with E-state index in [0.717, 1.165) is 12.0 Å². The van der Waals surface area contributed by atoms with Crippen molar-refractivity contribution in [1.82, 2.24) is 0 Å². The van der Waals surface area contributed by atoms with Gasteiger partial charge in [-0.25, -0.2) is 0 Å². The fraction of sp³-hybridized carbons (Fsp3) is 0.333. The van der Waals surface area contributed by atoms with E-state index < -0.39 is 0 Å². The van der Waals surface area contributed by atoms with E-state index in [1.807, 2.05) is 6.07 Å². The second kappa shape index (κ2) is 5.67. The molecule has 3 nitrogen and oxygen atoms in total. The molecule has 0 aliphatic heterocycles. The largest absolute Gasteiger partial charge is 1.00 e. The van der Waals surface area contributed by atoms with Crippen LogP contribution < -0.4 is 22.9 Å². The van der Waals surface area contributed by atoms with E-state index in [1.165, 1.54) is 7.11 Å². The maximum atomic E-state index is 9.25. The van der Waals surface area contributed by atoms with Crippen LogP contribution in [0.5, 0.6) is 11.5 Å². The van der Waals surface area contributed by atoms with Gasteiger partial charge in [0, 0.05) is 0 Å². The number of nitrogens with two attached hydrogens (primary N) is 1. The standard InChI is InChI=1S/C9H13NO2.ClH/c1-12-9-6-7(4-5-10)2-3-8(9)11;/h2-3,6,11H,4-5,10H2,1H3;1H. The third-order valence-corrected chi connectivity index (χ3v) is 1.68. The van der Waals surface area contributed by atoms with Gasteiger partial charge in [0.05, 0.1) is 7.11 Å². The molecule has 0 saturated heterocycles. The number of hydrogen-bond donors (Lipinski definition) is 2. The lowest BCUT2D eigenvalue weighted by molar-refractivity contribution is -0.00000379. The Balaban J connectivity index is 0. The Bertz CT molecular complexity index is 271. The normalized spacial score (nSPS) is 9.08. The van der Waals surface area contributed by atoms with E-state index in [1.54, 1.807) is 12.1 Å². The molecular weight excluding hydrogens is 190 g/mol. The molecule has 13 heavy (non-hydrogen) atoms. The minimum atomic E-state index is 0. The van der Waals surface area contributed by atoms with Gasteiger partial charge in [0.1, 0.15) is 0 Å². The highest BCUT2D eigenvalue weighted by Gasteiger charge is 2.00. The lowest BCUT2D eigenvalue weighted by Crippen LogP contribution is -3.00. The third kappa shape index (κ3) is 3.13. The minimum Gasteiger partial charge on any atom is -1.00 e. The molecule has 0 spiro atoms. The Kier molecular flexibility index (Phi) is 5.26. The van der Waals surface area contributed by atoms with Crippen LogP contribution in [-0.4, -0.2) is 18.8 Å². The van der Waals surface area contributed by atoms with Gasteiger partial charge in [-0.3, -0.25) is 0 Å². The van der Waals surface area contributed by atoms with Gasteiger partial charge in [-0.2, -0.15) is 0 Å². The highest BCUT2D eigenvalue weighted by molar-refractivity contribution is 5.41. The smallest absolute Gasteiger partial charge is 1.00 e. The highest BCUT2D eigenvalue weighted by atomic mass is 35.5. The fourth-order valence-electron chi connectivity index (χ4n) is 1.04. The number of methoxy groups -OCH3 is 1. The Labute approximate surface area is 85.4 Å². The number of halogens is 1. The molecule has 0 aromatic heterocycles. The zero-order valence-corrected chi connectivity index (χ0v) is 8.21. The summed E-state index contributed by atoms with van der Waals surface area (Å²) >= 11 is 0. The Morgan fingerprint density at radius 2 is 2.23 bits per heavy atom. The number of hydrogen-bond acceptors (Lipinski definition) is 3. The second-order valence-electron chi connectivity index (χ2n) is 2.54. The van der Waals surface area contributed by atoms with E-state index in [9.17, 15) is 5.11 Å². The van der Waals surface area contributed by atoms with Gasteiger partial charge in [-0.15, -0.1) is 0 Å². The van der Waals surface area contributed by atoms with Gasteiger partial charge in [0.2, 0.25) is 0 Å². The molecule has 0 saturated carbocycles. The van der Waals surface area contributed by atoms with Gasteiger partial charge in [0.15, 0.2) is 11.5 Å². The van der Waals surface area contributed by atoms with Gasteiger partial charge in [-0.1, -0.05) is 6.07 Å². The average molecular weight is 204 g/mol. The van der Waals surface area contributed by atoms with Crippen LogP contribution in [0.4, 0.5) is 0 Å². The molecule has 0 atom stereocenters. The van der Waals surface area contributed by atoms with Crippen LogP contribution in [0.1, 0.15) is 6.99 Å². The summed E-state index contributed by atoms with van der Waals surface area (Å²) in [4.78, 5) is 0. The Hall–Kier alpha value is -0.930. The van der Waals surface area contributed by atoms with Crippen LogP contribution in [0.15, 0.2) is 18.2 Å². The number of phenolic OH excluding ortho intramolecular Hbond substituents is 1. The molecule has 0 fully saturated rings. The first-order valence-corrected chi connectivity index (χ1v) is 3.84. The predicted molar refractivity (Wildman–Crippen MR) is 48.5 cm³/mol. The first-order valence-electron chi connectivity index (χ1n) is 3.84. The molecule has 0 aliphatic rings. The van der Waals surface area contributed by atoms with Crippen molar-refractivity contribution in [3.05, 3.63) is 23.8 Å².